The lowest BCUT2D eigenvalue weighted by Crippen LogP contribution is -2.20. The molecule has 0 N–H and O–H groups in total. The summed E-state index contributed by atoms with van der Waals surface area (Å²) >= 11 is 0. The summed E-state index contributed by atoms with van der Waals surface area (Å²) in [5.74, 6) is 1.34. The van der Waals surface area contributed by atoms with E-state index in [1.807, 2.05) is 0 Å². The zero-order chi connectivity index (χ0) is 21.9. The van der Waals surface area contributed by atoms with Crippen LogP contribution < -0.4 is 0 Å². The Morgan fingerprint density at radius 2 is 1.24 bits per heavy atom. The predicted octanol–water partition coefficient (Wildman–Crippen LogP) is 7.98. The second-order valence-corrected chi connectivity index (χ2v) is 9.05. The molecule has 3 heteroatoms. The number of nitrogens with zero attached hydrogens (tertiary/aromatic N) is 1. The molecule has 0 aromatic heterocycles. The fourth-order valence-corrected chi connectivity index (χ4v) is 3.12. The SMILES string of the molecule is [C-]#[N+]CCCCC(OCCC(C)CCC=C(C)C)OCCC(C)CCC=C(C)C. The number of rotatable bonds is 18. The molecule has 2 atom stereocenters. The Morgan fingerprint density at radius 1 is 0.759 bits per heavy atom. The molecule has 0 amide bonds. The fourth-order valence-electron chi connectivity index (χ4n) is 3.12. The van der Waals surface area contributed by atoms with Gasteiger partial charge in [0.15, 0.2) is 6.29 Å². The maximum Gasteiger partial charge on any atom is 0.214 e. The van der Waals surface area contributed by atoms with Crippen LogP contribution in [0.1, 0.15) is 99.3 Å². The van der Waals surface area contributed by atoms with Crippen LogP contribution in [-0.4, -0.2) is 26.0 Å². The van der Waals surface area contributed by atoms with Crippen LogP contribution in [0.2, 0.25) is 0 Å². The van der Waals surface area contributed by atoms with Crippen molar-refractivity contribution in [3.8, 4) is 0 Å². The second-order valence-electron chi connectivity index (χ2n) is 9.05. The van der Waals surface area contributed by atoms with Crippen LogP contribution in [0.15, 0.2) is 23.3 Å². The fraction of sp³-hybridized carbons (Fsp3) is 0.808. The smallest absolute Gasteiger partial charge is 0.214 e. The average molecular weight is 406 g/mol. The van der Waals surface area contributed by atoms with Gasteiger partial charge in [-0.3, -0.25) is 0 Å². The number of unbranched alkanes of at least 4 members (excludes halogenated alkanes) is 1. The van der Waals surface area contributed by atoms with E-state index in [2.05, 4.69) is 58.5 Å². The van der Waals surface area contributed by atoms with Gasteiger partial charge < -0.3 is 14.3 Å². The Hall–Kier alpha value is -1.11. The Balaban J connectivity index is 4.18. The van der Waals surface area contributed by atoms with Gasteiger partial charge >= 0.3 is 0 Å². The maximum atomic E-state index is 6.92. The van der Waals surface area contributed by atoms with Gasteiger partial charge in [0.1, 0.15) is 0 Å². The molecule has 0 spiro atoms. The van der Waals surface area contributed by atoms with Crippen LogP contribution in [0.3, 0.4) is 0 Å². The van der Waals surface area contributed by atoms with Gasteiger partial charge in [-0.05, 0) is 90.9 Å². The van der Waals surface area contributed by atoms with E-state index in [0.29, 0.717) is 18.4 Å². The maximum absolute atomic E-state index is 6.92. The molecular formula is C26H47NO2. The van der Waals surface area contributed by atoms with Gasteiger partial charge in [0.2, 0.25) is 6.54 Å². The van der Waals surface area contributed by atoms with Gasteiger partial charge in [-0.15, -0.1) is 0 Å². The number of hydrogen-bond acceptors (Lipinski definition) is 2. The highest BCUT2D eigenvalue weighted by atomic mass is 16.7. The van der Waals surface area contributed by atoms with Crippen molar-refractivity contribution in [3.63, 3.8) is 0 Å². The summed E-state index contributed by atoms with van der Waals surface area (Å²) in [4.78, 5) is 3.44. The first kappa shape index (κ1) is 27.9. The number of hydrogen-bond donors (Lipinski definition) is 0. The molecule has 0 aliphatic heterocycles. The minimum atomic E-state index is -0.115. The van der Waals surface area contributed by atoms with Gasteiger partial charge in [-0.25, -0.2) is 6.57 Å². The molecule has 29 heavy (non-hydrogen) atoms. The van der Waals surface area contributed by atoms with Gasteiger partial charge in [-0.2, -0.15) is 0 Å². The van der Waals surface area contributed by atoms with E-state index in [1.54, 1.807) is 0 Å². The summed E-state index contributed by atoms with van der Waals surface area (Å²) in [6.07, 6.45) is 14.3. The highest BCUT2D eigenvalue weighted by Crippen LogP contribution is 2.16. The molecule has 0 aliphatic carbocycles. The summed E-state index contributed by atoms with van der Waals surface area (Å²) in [6, 6.07) is 0. The van der Waals surface area contributed by atoms with Crippen molar-refractivity contribution in [2.75, 3.05) is 19.8 Å². The Kier molecular flexibility index (Phi) is 18.2. The quantitative estimate of drug-likeness (QED) is 0.0998. The van der Waals surface area contributed by atoms with Crippen molar-refractivity contribution >= 4 is 0 Å². The molecule has 0 bridgehead atoms. The topological polar surface area (TPSA) is 22.8 Å². The Morgan fingerprint density at radius 3 is 1.66 bits per heavy atom. The van der Waals surface area contributed by atoms with E-state index >= 15 is 0 Å². The molecular weight excluding hydrogens is 358 g/mol. The van der Waals surface area contributed by atoms with Gasteiger partial charge in [-0.1, -0.05) is 37.1 Å². The molecule has 0 heterocycles. The van der Waals surface area contributed by atoms with E-state index in [9.17, 15) is 0 Å². The average Bonchev–Trinajstić information content (AvgIpc) is 2.64. The molecule has 0 saturated carbocycles. The van der Waals surface area contributed by atoms with E-state index < -0.39 is 0 Å². The number of ether oxygens (including phenoxy) is 2. The first-order valence-electron chi connectivity index (χ1n) is 11.7. The van der Waals surface area contributed by atoms with Crippen molar-refractivity contribution in [3.05, 3.63) is 34.7 Å². The molecule has 3 nitrogen and oxygen atoms in total. The minimum absolute atomic E-state index is 0.115. The summed E-state index contributed by atoms with van der Waals surface area (Å²) in [7, 11) is 0. The van der Waals surface area contributed by atoms with Crippen molar-refractivity contribution in [2.45, 2.75) is 106 Å². The first-order valence-corrected chi connectivity index (χ1v) is 11.7. The van der Waals surface area contributed by atoms with E-state index in [0.717, 1.165) is 58.2 Å². The molecule has 2 unspecified atom stereocenters. The molecule has 0 aliphatic rings. The molecule has 0 aromatic rings. The van der Waals surface area contributed by atoms with Gasteiger partial charge in [0.05, 0.1) is 0 Å². The van der Waals surface area contributed by atoms with Crippen LogP contribution >= 0.6 is 0 Å². The highest BCUT2D eigenvalue weighted by Gasteiger charge is 2.12. The molecule has 168 valence electrons. The molecule has 0 aromatic carbocycles. The summed E-state index contributed by atoms with van der Waals surface area (Å²) in [6.45, 7) is 22.3. The summed E-state index contributed by atoms with van der Waals surface area (Å²) in [5.41, 5.74) is 2.80. The lowest BCUT2D eigenvalue weighted by Gasteiger charge is -2.21. The molecule has 0 saturated heterocycles. The van der Waals surface area contributed by atoms with Crippen molar-refractivity contribution < 1.29 is 9.47 Å². The van der Waals surface area contributed by atoms with E-state index in [4.69, 9.17) is 16.0 Å². The van der Waals surface area contributed by atoms with Crippen molar-refractivity contribution in [1.29, 1.82) is 0 Å². The molecule has 0 fully saturated rings. The molecule has 0 rings (SSSR count). The predicted molar refractivity (Wildman–Crippen MR) is 126 cm³/mol. The van der Waals surface area contributed by atoms with Crippen LogP contribution in [0.5, 0.6) is 0 Å². The third-order valence-corrected chi connectivity index (χ3v) is 5.21. The monoisotopic (exact) mass is 405 g/mol. The normalized spacial score (nSPS) is 14.0. The lowest BCUT2D eigenvalue weighted by atomic mass is 10.0. The standard InChI is InChI=1S/C26H47NO2/c1-22(2)12-10-14-24(5)17-20-28-26(16-8-9-19-27-7)29-21-18-25(6)15-11-13-23(3)4/h12-13,24-26H,8-11,14-21H2,1-6H3. The largest absolute Gasteiger partial charge is 0.353 e. The lowest BCUT2D eigenvalue weighted by molar-refractivity contribution is -0.150. The van der Waals surface area contributed by atoms with E-state index in [-0.39, 0.29) is 6.29 Å². The van der Waals surface area contributed by atoms with Crippen LogP contribution in [0.25, 0.3) is 4.85 Å². The number of allylic oxidation sites excluding steroid dienone is 4. The van der Waals surface area contributed by atoms with Crippen LogP contribution in [0.4, 0.5) is 0 Å². The van der Waals surface area contributed by atoms with Gasteiger partial charge in [0, 0.05) is 19.6 Å². The van der Waals surface area contributed by atoms with Gasteiger partial charge in [0.25, 0.3) is 0 Å². The second kappa shape index (κ2) is 18.9. The third-order valence-electron chi connectivity index (χ3n) is 5.21. The van der Waals surface area contributed by atoms with Crippen LogP contribution in [0, 0.1) is 18.4 Å². The zero-order valence-corrected chi connectivity index (χ0v) is 20.1. The van der Waals surface area contributed by atoms with Crippen LogP contribution in [-0.2, 0) is 9.47 Å². The minimum Gasteiger partial charge on any atom is -0.353 e. The zero-order valence-electron chi connectivity index (χ0n) is 20.1. The van der Waals surface area contributed by atoms with Crippen molar-refractivity contribution in [2.24, 2.45) is 11.8 Å². The summed E-state index contributed by atoms with van der Waals surface area (Å²) in [5, 5.41) is 0. The Labute approximate surface area is 181 Å². The summed E-state index contributed by atoms with van der Waals surface area (Å²) < 4.78 is 12.2. The molecule has 0 radical (unpaired) electrons. The first-order chi connectivity index (χ1) is 13.8. The van der Waals surface area contributed by atoms with Crippen molar-refractivity contribution in [1.82, 2.24) is 0 Å². The third kappa shape index (κ3) is 20.0. The van der Waals surface area contributed by atoms with E-state index in [1.165, 1.54) is 24.0 Å². The highest BCUT2D eigenvalue weighted by molar-refractivity contribution is 4.93. The Bertz CT molecular complexity index is 447.